The molecule has 0 radical (unpaired) electrons. The van der Waals surface area contributed by atoms with Crippen molar-refractivity contribution in [2.24, 2.45) is 0 Å². The van der Waals surface area contributed by atoms with Crippen LogP contribution in [0.5, 0.6) is 0 Å². The van der Waals surface area contributed by atoms with Gasteiger partial charge in [0.1, 0.15) is 5.82 Å². The lowest BCUT2D eigenvalue weighted by molar-refractivity contribution is -0.114. The number of nitrogens with zero attached hydrogens (tertiary/aromatic N) is 3. The third-order valence-electron chi connectivity index (χ3n) is 3.58. The first-order chi connectivity index (χ1) is 10.1. The molecule has 3 rings (SSSR count). The fourth-order valence-electron chi connectivity index (χ4n) is 2.64. The van der Waals surface area contributed by atoms with E-state index in [4.69, 9.17) is 0 Å². The zero-order valence-electron chi connectivity index (χ0n) is 11.9. The Hall–Kier alpha value is -1.69. The fourth-order valence-corrected chi connectivity index (χ4v) is 3.01. The monoisotopic (exact) mass is 348 g/mol. The van der Waals surface area contributed by atoms with Gasteiger partial charge in [0.05, 0.1) is 5.52 Å². The summed E-state index contributed by atoms with van der Waals surface area (Å²) in [5, 5.41) is 3.71. The molecule has 0 spiro atoms. The molecule has 21 heavy (non-hydrogen) atoms. The van der Waals surface area contributed by atoms with Crippen LogP contribution in [0.4, 0.5) is 11.8 Å². The number of aromatic nitrogens is 2. The van der Waals surface area contributed by atoms with Crippen LogP contribution in [0.1, 0.15) is 26.2 Å². The molecule has 1 fully saturated rings. The Bertz CT molecular complexity index is 683. The van der Waals surface area contributed by atoms with Crippen LogP contribution in [0.3, 0.4) is 0 Å². The van der Waals surface area contributed by atoms with Crippen molar-refractivity contribution < 1.29 is 4.79 Å². The van der Waals surface area contributed by atoms with E-state index in [0.29, 0.717) is 5.95 Å². The first-order valence-electron chi connectivity index (χ1n) is 7.13. The second-order valence-electron chi connectivity index (χ2n) is 5.26. The number of amides is 1. The predicted molar refractivity (Wildman–Crippen MR) is 87.6 cm³/mol. The summed E-state index contributed by atoms with van der Waals surface area (Å²) in [7, 11) is 0. The van der Waals surface area contributed by atoms with E-state index >= 15 is 0 Å². The Balaban J connectivity index is 2.12. The van der Waals surface area contributed by atoms with Crippen LogP contribution >= 0.6 is 15.9 Å². The van der Waals surface area contributed by atoms with Gasteiger partial charge in [0.2, 0.25) is 11.9 Å². The summed E-state index contributed by atoms with van der Waals surface area (Å²) >= 11 is 3.51. The van der Waals surface area contributed by atoms with Crippen molar-refractivity contribution in [1.82, 2.24) is 9.97 Å². The molecular weight excluding hydrogens is 332 g/mol. The highest BCUT2D eigenvalue weighted by atomic mass is 79.9. The Morgan fingerprint density at radius 3 is 2.71 bits per heavy atom. The van der Waals surface area contributed by atoms with E-state index in [9.17, 15) is 4.79 Å². The van der Waals surface area contributed by atoms with Gasteiger partial charge in [-0.2, -0.15) is 4.98 Å². The lowest BCUT2D eigenvalue weighted by Gasteiger charge is -2.28. The molecule has 0 bridgehead atoms. The number of rotatable bonds is 2. The van der Waals surface area contributed by atoms with Crippen LogP contribution in [0, 0.1) is 0 Å². The van der Waals surface area contributed by atoms with Gasteiger partial charge in [0.15, 0.2) is 0 Å². The van der Waals surface area contributed by atoms with Crippen LogP contribution in [0.2, 0.25) is 0 Å². The molecule has 1 aromatic carbocycles. The average Bonchev–Trinajstić information content (AvgIpc) is 2.47. The van der Waals surface area contributed by atoms with Gasteiger partial charge in [-0.15, -0.1) is 0 Å². The molecule has 1 amide bonds. The topological polar surface area (TPSA) is 58.1 Å². The van der Waals surface area contributed by atoms with Gasteiger partial charge in [-0.05, 0) is 37.5 Å². The number of benzene rings is 1. The minimum absolute atomic E-state index is 0.156. The van der Waals surface area contributed by atoms with Crippen LogP contribution in [0.25, 0.3) is 10.9 Å². The number of halogens is 1. The predicted octanol–water partition coefficient (Wildman–Crippen LogP) is 3.34. The second-order valence-corrected chi connectivity index (χ2v) is 6.18. The normalized spacial score (nSPS) is 15.2. The summed E-state index contributed by atoms with van der Waals surface area (Å²) in [6, 6.07) is 5.93. The molecule has 1 aliphatic heterocycles. The van der Waals surface area contributed by atoms with E-state index in [1.54, 1.807) is 0 Å². The summed E-state index contributed by atoms with van der Waals surface area (Å²) < 4.78 is 1.00. The van der Waals surface area contributed by atoms with Gasteiger partial charge in [0.25, 0.3) is 0 Å². The van der Waals surface area contributed by atoms with Crippen molar-refractivity contribution in [3.63, 3.8) is 0 Å². The fraction of sp³-hybridized carbons (Fsp3) is 0.400. The maximum atomic E-state index is 11.3. The summed E-state index contributed by atoms with van der Waals surface area (Å²) in [4.78, 5) is 22.6. The Morgan fingerprint density at radius 1 is 1.24 bits per heavy atom. The number of carbonyl (C=O) groups excluding carboxylic acids is 1. The molecular formula is C15H17BrN4O. The first kappa shape index (κ1) is 14.3. The standard InChI is InChI=1S/C15H17BrN4O/c1-10(21)17-15-18-13-6-5-11(16)9-12(13)14(19-15)20-7-3-2-4-8-20/h5-6,9H,2-4,7-8H2,1H3,(H,17,18,19,21). The number of anilines is 2. The molecule has 0 saturated carbocycles. The first-order valence-corrected chi connectivity index (χ1v) is 7.92. The van der Waals surface area contributed by atoms with E-state index in [1.807, 2.05) is 18.2 Å². The van der Waals surface area contributed by atoms with Crippen LogP contribution in [0.15, 0.2) is 22.7 Å². The molecule has 110 valence electrons. The van der Waals surface area contributed by atoms with Crippen LogP contribution in [-0.2, 0) is 4.79 Å². The van der Waals surface area contributed by atoms with E-state index in [-0.39, 0.29) is 5.91 Å². The van der Waals surface area contributed by atoms with Crippen molar-refractivity contribution in [1.29, 1.82) is 0 Å². The molecule has 0 unspecified atom stereocenters. The minimum atomic E-state index is -0.156. The van der Waals surface area contributed by atoms with Gasteiger partial charge in [-0.25, -0.2) is 4.98 Å². The molecule has 5 nitrogen and oxygen atoms in total. The van der Waals surface area contributed by atoms with Gasteiger partial charge < -0.3 is 4.90 Å². The number of fused-ring (bicyclic) bond motifs is 1. The maximum Gasteiger partial charge on any atom is 0.231 e. The van der Waals surface area contributed by atoms with Gasteiger partial charge in [-0.3, -0.25) is 10.1 Å². The number of nitrogens with one attached hydrogen (secondary N) is 1. The minimum Gasteiger partial charge on any atom is -0.356 e. The Kier molecular flexibility index (Phi) is 4.05. The van der Waals surface area contributed by atoms with Gasteiger partial charge in [0, 0.05) is 29.9 Å². The lowest BCUT2D eigenvalue weighted by Crippen LogP contribution is -2.30. The molecule has 6 heteroatoms. The third-order valence-corrected chi connectivity index (χ3v) is 4.07. The van der Waals surface area contributed by atoms with E-state index in [0.717, 1.165) is 34.3 Å². The maximum absolute atomic E-state index is 11.3. The van der Waals surface area contributed by atoms with Crippen molar-refractivity contribution in [2.45, 2.75) is 26.2 Å². The Morgan fingerprint density at radius 2 is 2.00 bits per heavy atom. The highest BCUT2D eigenvalue weighted by molar-refractivity contribution is 9.10. The molecule has 2 heterocycles. The average molecular weight is 349 g/mol. The summed E-state index contributed by atoms with van der Waals surface area (Å²) in [6.07, 6.45) is 3.62. The van der Waals surface area contributed by atoms with Crippen molar-refractivity contribution in [3.8, 4) is 0 Å². The lowest BCUT2D eigenvalue weighted by atomic mass is 10.1. The largest absolute Gasteiger partial charge is 0.356 e. The van der Waals surface area contributed by atoms with Crippen molar-refractivity contribution >= 4 is 44.5 Å². The van der Waals surface area contributed by atoms with Crippen LogP contribution < -0.4 is 10.2 Å². The summed E-state index contributed by atoms with van der Waals surface area (Å²) in [5.41, 5.74) is 0.845. The Labute approximate surface area is 131 Å². The zero-order chi connectivity index (χ0) is 14.8. The number of piperidine rings is 1. The summed E-state index contributed by atoms with van der Waals surface area (Å²) in [5.74, 6) is 1.12. The molecule has 1 saturated heterocycles. The van der Waals surface area contributed by atoms with Gasteiger partial charge in [-0.1, -0.05) is 15.9 Å². The smallest absolute Gasteiger partial charge is 0.231 e. The number of hydrogen-bond donors (Lipinski definition) is 1. The summed E-state index contributed by atoms with van der Waals surface area (Å²) in [6.45, 7) is 3.46. The number of hydrogen-bond acceptors (Lipinski definition) is 4. The molecule has 0 aliphatic carbocycles. The number of carbonyl (C=O) groups is 1. The van der Waals surface area contributed by atoms with E-state index in [2.05, 4.69) is 36.1 Å². The molecule has 1 aliphatic rings. The SMILES string of the molecule is CC(=O)Nc1nc(N2CCCCC2)c2cc(Br)ccc2n1. The zero-order valence-corrected chi connectivity index (χ0v) is 13.5. The highest BCUT2D eigenvalue weighted by Crippen LogP contribution is 2.29. The molecule has 1 N–H and O–H groups in total. The van der Waals surface area contributed by atoms with Gasteiger partial charge >= 0.3 is 0 Å². The van der Waals surface area contributed by atoms with E-state index in [1.165, 1.54) is 26.2 Å². The van der Waals surface area contributed by atoms with E-state index < -0.39 is 0 Å². The molecule has 0 atom stereocenters. The third kappa shape index (κ3) is 3.15. The second kappa shape index (κ2) is 5.97. The van der Waals surface area contributed by atoms with Crippen LogP contribution in [-0.4, -0.2) is 29.0 Å². The molecule has 2 aromatic rings. The van der Waals surface area contributed by atoms with Crippen molar-refractivity contribution in [2.75, 3.05) is 23.3 Å². The quantitative estimate of drug-likeness (QED) is 0.904. The molecule has 1 aromatic heterocycles. The highest BCUT2D eigenvalue weighted by Gasteiger charge is 2.17. The van der Waals surface area contributed by atoms with Crippen molar-refractivity contribution in [3.05, 3.63) is 22.7 Å².